The fourth-order valence-electron chi connectivity index (χ4n) is 1.61. The van der Waals surface area contributed by atoms with Crippen LogP contribution < -0.4 is 27.4 Å². The normalized spacial score (nSPS) is 9.65. The smallest absolute Gasteiger partial charge is 0.254 e. The summed E-state index contributed by atoms with van der Waals surface area (Å²) in [6.45, 7) is 1.12. The number of pyridine rings is 1. The third-order valence-corrected chi connectivity index (χ3v) is 2.83. The average Bonchev–Trinajstić information content (AvgIpc) is 2.41. The Morgan fingerprint density at radius 2 is 1.95 bits per heavy atom. The van der Waals surface area contributed by atoms with Crippen LogP contribution in [-0.2, 0) is 6.54 Å². The van der Waals surface area contributed by atoms with Crippen LogP contribution in [0.3, 0.4) is 0 Å². The van der Waals surface area contributed by atoms with Gasteiger partial charge in [-0.05, 0) is 30.3 Å². The largest absolute Gasteiger partial charge is 1.00 e. The van der Waals surface area contributed by atoms with Gasteiger partial charge in [0.2, 0.25) is 0 Å². The molecule has 20 heavy (non-hydrogen) atoms. The Kier molecular flexibility index (Phi) is 6.28. The van der Waals surface area contributed by atoms with E-state index in [0.29, 0.717) is 23.7 Å². The summed E-state index contributed by atoms with van der Waals surface area (Å²) in [4.78, 5) is 11.0. The molecule has 2 N–H and O–H groups in total. The van der Waals surface area contributed by atoms with E-state index < -0.39 is 5.91 Å². The quantitative estimate of drug-likeness (QED) is 0.706. The van der Waals surface area contributed by atoms with Crippen LogP contribution in [0, 0.1) is 0 Å². The number of carbonyl (C=O) groups is 1. The van der Waals surface area contributed by atoms with Crippen molar-refractivity contribution < 1.29 is 26.5 Å². The van der Waals surface area contributed by atoms with Gasteiger partial charge in [-0.2, -0.15) is 0 Å². The molecule has 0 spiro atoms. The molecule has 2 aromatic rings. The molecule has 1 amide bonds. The first kappa shape index (κ1) is 16.3. The second-order valence-corrected chi connectivity index (χ2v) is 4.43. The third kappa shape index (κ3) is 4.72. The Morgan fingerprint density at radius 3 is 2.60 bits per heavy atom. The Balaban J connectivity index is 0.00000200. The molecule has 0 aliphatic carbocycles. The van der Waals surface area contributed by atoms with E-state index in [1.165, 1.54) is 0 Å². The number of nitrogens with zero attached hydrogens (tertiary/aromatic N) is 1. The van der Waals surface area contributed by atoms with Gasteiger partial charge in [-0.15, -0.1) is 0 Å². The summed E-state index contributed by atoms with van der Waals surface area (Å²) in [5.41, 5.74) is 5.70. The van der Waals surface area contributed by atoms with E-state index in [-0.39, 0.29) is 12.4 Å². The zero-order valence-corrected chi connectivity index (χ0v) is 12.1. The molecule has 4 nitrogen and oxygen atoms in total. The number of carbonyl (C=O) groups excluding carboxylic acids is 1. The predicted octanol–water partition coefficient (Wildman–Crippen LogP) is -1.19. The molecule has 0 radical (unpaired) electrons. The highest BCUT2D eigenvalue weighted by molar-refractivity contribution is 6.30. The molecule has 0 saturated carbocycles. The third-order valence-electron chi connectivity index (χ3n) is 2.57. The van der Waals surface area contributed by atoms with Crippen LogP contribution in [0.5, 0.6) is 5.75 Å². The number of ether oxygens (including phenoxy) is 1. The highest BCUT2D eigenvalue weighted by Crippen LogP contribution is 2.15. The topological polar surface area (TPSA) is 56.2 Å². The van der Waals surface area contributed by atoms with E-state index in [4.69, 9.17) is 22.1 Å². The fourth-order valence-corrected chi connectivity index (χ4v) is 1.73. The number of hydrogen-bond acceptors (Lipinski definition) is 2. The second kappa shape index (κ2) is 7.72. The number of aromatic nitrogens is 1. The Labute approximate surface area is 128 Å². The van der Waals surface area contributed by atoms with Crippen molar-refractivity contribution in [1.82, 2.24) is 0 Å². The first-order valence-corrected chi connectivity index (χ1v) is 6.20. The van der Waals surface area contributed by atoms with Crippen LogP contribution in [-0.4, -0.2) is 12.5 Å². The highest BCUT2D eigenvalue weighted by atomic mass is 35.5. The summed E-state index contributed by atoms with van der Waals surface area (Å²) in [7, 11) is 0. The molecule has 0 fully saturated rings. The van der Waals surface area contributed by atoms with Gasteiger partial charge in [0.05, 0.1) is 0 Å². The van der Waals surface area contributed by atoms with E-state index in [1.807, 2.05) is 22.9 Å². The van der Waals surface area contributed by atoms with E-state index in [1.54, 1.807) is 30.5 Å². The van der Waals surface area contributed by atoms with Crippen molar-refractivity contribution in [2.24, 2.45) is 5.73 Å². The van der Waals surface area contributed by atoms with Gasteiger partial charge < -0.3 is 22.9 Å². The summed E-state index contributed by atoms with van der Waals surface area (Å²) < 4.78 is 7.43. The Bertz CT molecular complexity index is 574. The standard InChI is InChI=1S/C14H13ClN2O2.ClH/c15-12-3-5-13(6-4-12)19-9-8-17-7-1-2-11(10-17)14(16)18;/h1-7,10H,8-9H2,(H-,16,18);1H. The maximum atomic E-state index is 11.0. The van der Waals surface area contributed by atoms with Crippen molar-refractivity contribution in [3.63, 3.8) is 0 Å². The van der Waals surface area contributed by atoms with Gasteiger partial charge in [-0.25, -0.2) is 4.57 Å². The van der Waals surface area contributed by atoms with Crippen LogP contribution in [0.1, 0.15) is 10.4 Å². The summed E-state index contributed by atoms with van der Waals surface area (Å²) in [5.74, 6) is 0.323. The summed E-state index contributed by atoms with van der Waals surface area (Å²) in [5, 5.41) is 0.677. The number of hydrogen-bond donors (Lipinski definition) is 1. The number of halogens is 2. The lowest BCUT2D eigenvalue weighted by Gasteiger charge is -2.04. The molecule has 0 bridgehead atoms. The summed E-state index contributed by atoms with van der Waals surface area (Å²) in [6.07, 6.45) is 3.56. The number of amides is 1. The van der Waals surface area contributed by atoms with Crippen molar-refractivity contribution in [2.45, 2.75) is 6.54 Å². The molecule has 0 aliphatic heterocycles. The minimum absolute atomic E-state index is 0. The van der Waals surface area contributed by atoms with Crippen molar-refractivity contribution in [3.05, 3.63) is 59.4 Å². The van der Waals surface area contributed by atoms with Crippen LogP contribution >= 0.6 is 11.6 Å². The number of rotatable bonds is 5. The molecule has 0 unspecified atom stereocenters. The number of nitrogens with two attached hydrogens (primary N) is 1. The maximum absolute atomic E-state index is 11.0. The molecular weight excluding hydrogens is 299 g/mol. The SMILES string of the molecule is NC(=O)c1ccc[n+](CCOc2ccc(Cl)cc2)c1.[Cl-]. The first-order valence-electron chi connectivity index (χ1n) is 5.82. The van der Waals surface area contributed by atoms with E-state index in [2.05, 4.69) is 0 Å². The molecule has 0 aliphatic rings. The zero-order valence-electron chi connectivity index (χ0n) is 10.6. The van der Waals surface area contributed by atoms with Crippen LogP contribution in [0.2, 0.25) is 5.02 Å². The average molecular weight is 313 g/mol. The lowest BCUT2D eigenvalue weighted by molar-refractivity contribution is -0.697. The van der Waals surface area contributed by atoms with E-state index in [9.17, 15) is 4.79 Å². The fraction of sp³-hybridized carbons (Fsp3) is 0.143. The number of primary amides is 1. The van der Waals surface area contributed by atoms with Crippen molar-refractivity contribution in [2.75, 3.05) is 6.61 Å². The molecule has 106 valence electrons. The highest BCUT2D eigenvalue weighted by Gasteiger charge is 2.07. The summed E-state index contributed by atoms with van der Waals surface area (Å²) >= 11 is 5.79. The predicted molar refractivity (Wildman–Crippen MR) is 72.1 cm³/mol. The van der Waals surface area contributed by atoms with Gasteiger partial charge in [0.25, 0.3) is 5.91 Å². The zero-order chi connectivity index (χ0) is 13.7. The first-order chi connectivity index (χ1) is 9.15. The van der Waals surface area contributed by atoms with Crippen LogP contribution in [0.4, 0.5) is 0 Å². The molecule has 0 saturated heterocycles. The lowest BCUT2D eigenvalue weighted by atomic mass is 10.3. The maximum Gasteiger partial charge on any atom is 0.254 e. The van der Waals surface area contributed by atoms with Gasteiger partial charge in [0.1, 0.15) is 17.9 Å². The van der Waals surface area contributed by atoms with Gasteiger partial charge in [0.15, 0.2) is 18.9 Å². The molecular formula is C14H14Cl2N2O2. The van der Waals surface area contributed by atoms with Crippen molar-refractivity contribution in [1.29, 1.82) is 0 Å². The van der Waals surface area contributed by atoms with E-state index in [0.717, 1.165) is 5.75 Å². The molecule has 1 aromatic heterocycles. The molecule has 6 heteroatoms. The second-order valence-electron chi connectivity index (χ2n) is 4.00. The van der Waals surface area contributed by atoms with Gasteiger partial charge >= 0.3 is 0 Å². The molecule has 1 heterocycles. The molecule has 0 atom stereocenters. The molecule has 1 aromatic carbocycles. The summed E-state index contributed by atoms with van der Waals surface area (Å²) in [6, 6.07) is 10.6. The Morgan fingerprint density at radius 1 is 1.25 bits per heavy atom. The van der Waals surface area contributed by atoms with Crippen LogP contribution in [0.15, 0.2) is 48.8 Å². The van der Waals surface area contributed by atoms with E-state index >= 15 is 0 Å². The van der Waals surface area contributed by atoms with Gasteiger partial charge in [-0.1, -0.05) is 11.6 Å². The van der Waals surface area contributed by atoms with Crippen molar-refractivity contribution >= 4 is 17.5 Å². The monoisotopic (exact) mass is 312 g/mol. The number of benzene rings is 1. The van der Waals surface area contributed by atoms with Crippen molar-refractivity contribution in [3.8, 4) is 5.75 Å². The minimum atomic E-state index is -0.437. The molecule has 2 rings (SSSR count). The van der Waals surface area contributed by atoms with Gasteiger partial charge in [0, 0.05) is 11.1 Å². The van der Waals surface area contributed by atoms with Gasteiger partial charge in [-0.3, -0.25) is 4.79 Å². The minimum Gasteiger partial charge on any atom is -1.00 e. The van der Waals surface area contributed by atoms with Crippen LogP contribution in [0.25, 0.3) is 0 Å². The Hall–Kier alpha value is -1.78. The lowest BCUT2D eigenvalue weighted by Crippen LogP contribution is -3.00.